The third-order valence-electron chi connectivity index (χ3n) is 13.2. The number of likely N-dealkylation sites (tertiary alicyclic amines) is 1. The fraction of sp³-hybridized carbons (Fsp3) is 0.639. The Labute approximate surface area is 281 Å². The van der Waals surface area contributed by atoms with E-state index in [0.29, 0.717) is 58.1 Å². The van der Waals surface area contributed by atoms with Gasteiger partial charge in [0.25, 0.3) is 5.91 Å². The van der Waals surface area contributed by atoms with Gasteiger partial charge in [-0.1, -0.05) is 37.5 Å². The molecule has 3 spiro atoms. The SMILES string of the molecule is CN(C)S(=O)(=O)NC(=O)C1=CC2C(C=C1)C(C1CCCCC1)=C1C3=CCCC(=O)C=C3CC(C)(C(=O)N3CC45COCC46COC365)CN12. The van der Waals surface area contributed by atoms with Gasteiger partial charge in [0.15, 0.2) is 11.5 Å². The second-order valence-electron chi connectivity index (χ2n) is 16.0. The van der Waals surface area contributed by atoms with E-state index in [1.807, 2.05) is 17.9 Å². The Balaban J connectivity index is 1.14. The Kier molecular flexibility index (Phi) is 6.46. The van der Waals surface area contributed by atoms with E-state index in [-0.39, 0.29) is 40.1 Å². The van der Waals surface area contributed by atoms with Crippen molar-refractivity contribution in [3.8, 4) is 0 Å². The first kappa shape index (κ1) is 31.0. The quantitative estimate of drug-likeness (QED) is 0.472. The molecule has 5 heterocycles. The fourth-order valence-corrected chi connectivity index (χ4v) is 11.3. The molecule has 6 atom stereocenters. The van der Waals surface area contributed by atoms with Crippen LogP contribution in [0, 0.1) is 28.1 Å². The smallest absolute Gasteiger partial charge is 0.303 e. The number of carbonyl (C=O) groups excluding carboxylic acids is 3. The van der Waals surface area contributed by atoms with E-state index < -0.39 is 27.3 Å². The molecule has 6 fully saturated rings. The maximum Gasteiger partial charge on any atom is 0.303 e. The van der Waals surface area contributed by atoms with Gasteiger partial charge < -0.3 is 19.3 Å². The van der Waals surface area contributed by atoms with E-state index in [1.54, 1.807) is 12.2 Å². The van der Waals surface area contributed by atoms with Crippen molar-refractivity contribution < 1.29 is 32.3 Å². The predicted molar refractivity (Wildman–Crippen MR) is 175 cm³/mol. The highest BCUT2D eigenvalue weighted by atomic mass is 32.2. The van der Waals surface area contributed by atoms with Gasteiger partial charge in [-0.2, -0.15) is 12.7 Å². The van der Waals surface area contributed by atoms with Crippen LogP contribution in [0.5, 0.6) is 0 Å². The molecule has 0 aromatic rings. The molecule has 0 bridgehead atoms. The Hall–Kier alpha value is -3.06. The standard InChI is InChI=1S/C36H44N4O7S/c1-33(32(43)40-18-34-19-46-20-35(34)21-47-36(34,35)40)16-24-14-25(41)10-7-11-26(24)30-29(22-8-5-4-6-9-22)27-13-12-23(15-28(27)39(30)17-33)31(42)37-48(44,45)38(2)3/h11-15,22,27-28H,4-10,16-21H2,1-3H3,(H,37,42). The van der Waals surface area contributed by atoms with Crippen LogP contribution in [0.2, 0.25) is 0 Å². The minimum absolute atomic E-state index is 0.0345. The van der Waals surface area contributed by atoms with Gasteiger partial charge in [0, 0.05) is 50.8 Å². The number of ether oxygens (including phenoxy) is 2. The highest BCUT2D eigenvalue weighted by Crippen LogP contribution is 2.89. The van der Waals surface area contributed by atoms with E-state index in [4.69, 9.17) is 9.47 Å². The minimum atomic E-state index is -3.98. The molecule has 9 aliphatic rings. The lowest BCUT2D eigenvalue weighted by Crippen LogP contribution is -2.68. The molecule has 0 aromatic carbocycles. The summed E-state index contributed by atoms with van der Waals surface area (Å²) in [5.74, 6) is -0.259. The monoisotopic (exact) mass is 676 g/mol. The average molecular weight is 677 g/mol. The fourth-order valence-electron chi connectivity index (χ4n) is 10.8. The van der Waals surface area contributed by atoms with Gasteiger partial charge in [0.1, 0.15) is 0 Å². The molecule has 2 saturated carbocycles. The number of nitrogens with one attached hydrogen (secondary N) is 1. The van der Waals surface area contributed by atoms with Crippen molar-refractivity contribution in [3.63, 3.8) is 0 Å². The zero-order valence-electron chi connectivity index (χ0n) is 27.9. The second-order valence-corrected chi connectivity index (χ2v) is 17.9. The van der Waals surface area contributed by atoms with Crippen LogP contribution in [-0.4, -0.2) is 98.9 Å². The summed E-state index contributed by atoms with van der Waals surface area (Å²) < 4.78 is 40.5. The molecule has 0 aromatic heterocycles. The van der Waals surface area contributed by atoms with Crippen LogP contribution in [0.1, 0.15) is 58.3 Å². The van der Waals surface area contributed by atoms with Crippen molar-refractivity contribution in [3.05, 3.63) is 58.4 Å². The zero-order chi connectivity index (χ0) is 33.4. The van der Waals surface area contributed by atoms with Crippen molar-refractivity contribution in [2.24, 2.45) is 28.1 Å². The van der Waals surface area contributed by atoms with Crippen molar-refractivity contribution in [2.75, 3.05) is 47.0 Å². The van der Waals surface area contributed by atoms with E-state index >= 15 is 0 Å². The van der Waals surface area contributed by atoms with E-state index in [1.165, 1.54) is 26.1 Å². The number of ketones is 1. The van der Waals surface area contributed by atoms with Gasteiger partial charge in [-0.15, -0.1) is 0 Å². The van der Waals surface area contributed by atoms with Crippen LogP contribution >= 0.6 is 0 Å². The molecule has 2 amide bonds. The predicted octanol–water partition coefficient (Wildman–Crippen LogP) is 2.75. The summed E-state index contributed by atoms with van der Waals surface area (Å²) in [6, 6.07) is -0.281. The average Bonchev–Trinajstić information content (AvgIpc) is 3.35. The van der Waals surface area contributed by atoms with Crippen molar-refractivity contribution >= 4 is 27.8 Å². The topological polar surface area (TPSA) is 126 Å². The van der Waals surface area contributed by atoms with Crippen LogP contribution < -0.4 is 4.72 Å². The minimum Gasteiger partial charge on any atom is -0.380 e. The molecule has 256 valence electrons. The Morgan fingerprint density at radius 3 is 2.54 bits per heavy atom. The first-order valence-corrected chi connectivity index (χ1v) is 19.0. The maximum absolute atomic E-state index is 14.9. The number of nitrogens with zero attached hydrogens (tertiary/aromatic N) is 3. The molecule has 9 rings (SSSR count). The molecule has 11 nitrogen and oxygen atoms in total. The highest BCUT2D eigenvalue weighted by Gasteiger charge is 3.04. The lowest BCUT2D eigenvalue weighted by molar-refractivity contribution is -0.255. The van der Waals surface area contributed by atoms with Gasteiger partial charge in [0.2, 0.25) is 5.91 Å². The van der Waals surface area contributed by atoms with Gasteiger partial charge in [-0.25, -0.2) is 4.72 Å². The van der Waals surface area contributed by atoms with Crippen LogP contribution in [-0.2, 0) is 34.1 Å². The molecular weight excluding hydrogens is 632 g/mol. The summed E-state index contributed by atoms with van der Waals surface area (Å²) in [7, 11) is -1.23. The number of hydrogen-bond donors (Lipinski definition) is 1. The second kappa shape index (κ2) is 10.0. The van der Waals surface area contributed by atoms with E-state index in [0.717, 1.165) is 46.8 Å². The van der Waals surface area contributed by atoms with E-state index in [9.17, 15) is 22.8 Å². The Bertz CT molecular complexity index is 1810. The molecule has 5 aliphatic heterocycles. The van der Waals surface area contributed by atoms with Gasteiger partial charge in [-0.05, 0) is 67.4 Å². The maximum atomic E-state index is 14.9. The third-order valence-corrected chi connectivity index (χ3v) is 14.6. The Morgan fingerprint density at radius 2 is 1.83 bits per heavy atom. The Morgan fingerprint density at radius 1 is 1.06 bits per heavy atom. The first-order valence-electron chi connectivity index (χ1n) is 17.5. The van der Waals surface area contributed by atoms with Crippen LogP contribution in [0.4, 0.5) is 0 Å². The summed E-state index contributed by atoms with van der Waals surface area (Å²) in [6.07, 6.45) is 16.8. The largest absolute Gasteiger partial charge is 0.380 e. The summed E-state index contributed by atoms with van der Waals surface area (Å²) in [4.78, 5) is 45.8. The first-order chi connectivity index (χ1) is 22.9. The zero-order valence-corrected chi connectivity index (χ0v) is 28.7. The number of amides is 2. The molecule has 4 aliphatic carbocycles. The molecule has 12 heteroatoms. The van der Waals surface area contributed by atoms with Crippen LogP contribution in [0.25, 0.3) is 0 Å². The van der Waals surface area contributed by atoms with Crippen molar-refractivity contribution in [1.82, 2.24) is 18.8 Å². The summed E-state index contributed by atoms with van der Waals surface area (Å²) in [5, 5.41) is 0. The summed E-state index contributed by atoms with van der Waals surface area (Å²) in [5.41, 5.74) is 3.03. The van der Waals surface area contributed by atoms with Crippen molar-refractivity contribution in [1.29, 1.82) is 0 Å². The lowest BCUT2D eigenvalue weighted by atomic mass is 9.74. The number of carbonyl (C=O) groups is 3. The molecule has 0 radical (unpaired) electrons. The molecule has 1 N–H and O–H groups in total. The van der Waals surface area contributed by atoms with Crippen LogP contribution in [0.3, 0.4) is 0 Å². The highest BCUT2D eigenvalue weighted by molar-refractivity contribution is 7.87. The number of fused-ring (bicyclic) bond motifs is 5. The summed E-state index contributed by atoms with van der Waals surface area (Å²) in [6.45, 7) is 4.93. The normalized spacial score (nSPS) is 39.7. The number of allylic oxidation sites excluding steroid dienone is 3. The molecule has 6 unspecified atom stereocenters. The van der Waals surface area contributed by atoms with Crippen LogP contribution in [0.15, 0.2) is 58.4 Å². The van der Waals surface area contributed by atoms with Gasteiger partial charge >= 0.3 is 10.2 Å². The lowest BCUT2D eigenvalue weighted by Gasteiger charge is -2.52. The molecule has 48 heavy (non-hydrogen) atoms. The van der Waals surface area contributed by atoms with Crippen molar-refractivity contribution in [2.45, 2.75) is 70.1 Å². The van der Waals surface area contributed by atoms with E-state index in [2.05, 4.69) is 21.8 Å². The number of rotatable bonds is 5. The third kappa shape index (κ3) is 3.75. The van der Waals surface area contributed by atoms with Gasteiger partial charge in [-0.3, -0.25) is 14.4 Å². The van der Waals surface area contributed by atoms with Gasteiger partial charge in [0.05, 0.1) is 42.1 Å². The number of hydrogen-bond acceptors (Lipinski definition) is 8. The molecular formula is C36H44N4O7S. The summed E-state index contributed by atoms with van der Waals surface area (Å²) >= 11 is 0. The molecule has 4 saturated heterocycles.